The fourth-order valence-corrected chi connectivity index (χ4v) is 6.05. The van der Waals surface area contributed by atoms with Gasteiger partial charge in [-0.05, 0) is 37.3 Å². The van der Waals surface area contributed by atoms with E-state index in [0.717, 1.165) is 11.3 Å². The second-order valence-electron chi connectivity index (χ2n) is 8.16. The molecule has 1 saturated heterocycles. The second-order valence-corrected chi connectivity index (χ2v) is 9.60. The predicted octanol–water partition coefficient (Wildman–Crippen LogP) is 4.37. The lowest BCUT2D eigenvalue weighted by atomic mass is 9.91. The van der Waals surface area contributed by atoms with Crippen LogP contribution in [0.15, 0.2) is 67.1 Å². The van der Waals surface area contributed by atoms with E-state index in [1.165, 1.54) is 11.3 Å². The third-order valence-electron chi connectivity index (χ3n) is 6.37. The van der Waals surface area contributed by atoms with Crippen LogP contribution in [-0.4, -0.2) is 49.7 Å². The minimum atomic E-state index is -1.09. The average Bonchev–Trinajstić information content (AvgIpc) is 3.52. The van der Waals surface area contributed by atoms with E-state index >= 15 is 0 Å². The van der Waals surface area contributed by atoms with Crippen molar-refractivity contribution in [3.63, 3.8) is 0 Å². The highest BCUT2D eigenvalue weighted by molar-refractivity contribution is 7.17. The lowest BCUT2D eigenvalue weighted by Gasteiger charge is -2.40. The molecule has 0 aliphatic carbocycles. The maximum atomic E-state index is 14.1. The largest absolute Gasteiger partial charge is 0.306 e. The monoisotopic (exact) mass is 487 g/mol. The molecule has 0 bridgehead atoms. The molecule has 1 unspecified atom stereocenters. The minimum absolute atomic E-state index is 0.113. The number of halogens is 1. The normalized spacial score (nSPS) is 18.8. The number of rotatable bonds is 3. The topological polar surface area (TPSA) is 79.3 Å². The Labute approximate surface area is 204 Å². The summed E-state index contributed by atoms with van der Waals surface area (Å²) in [5.74, 6) is -0.294. The number of hydrogen-bond acceptors (Lipinski definition) is 6. The van der Waals surface area contributed by atoms with Crippen LogP contribution >= 0.6 is 22.9 Å². The summed E-state index contributed by atoms with van der Waals surface area (Å²) in [6.45, 7) is 2.62. The Morgan fingerprint density at radius 3 is 2.68 bits per heavy atom. The van der Waals surface area contributed by atoms with Gasteiger partial charge in [0.05, 0.1) is 17.0 Å². The lowest BCUT2D eigenvalue weighted by molar-refractivity contribution is 0.0377. The third kappa shape index (κ3) is 2.85. The predicted molar refractivity (Wildman–Crippen MR) is 129 cm³/mol. The fraction of sp³-hybridized carbons (Fsp3) is 0.160. The van der Waals surface area contributed by atoms with Gasteiger partial charge in [0.15, 0.2) is 5.66 Å². The quantitative estimate of drug-likeness (QED) is 0.428. The molecule has 2 aliphatic heterocycles. The van der Waals surface area contributed by atoms with Gasteiger partial charge in [-0.3, -0.25) is 19.6 Å². The Balaban J connectivity index is 1.52. The highest BCUT2D eigenvalue weighted by Crippen LogP contribution is 2.50. The SMILES string of the molecule is Cc1nc(-c2ccccn2)sc1C(=O)N1CCN2C(=O)c3ccncc3C21c1ccc(Cl)cc1. The maximum Gasteiger partial charge on any atom is 0.268 e. The Morgan fingerprint density at radius 2 is 1.91 bits per heavy atom. The van der Waals surface area contributed by atoms with Crippen molar-refractivity contribution in [2.24, 2.45) is 0 Å². The van der Waals surface area contributed by atoms with Gasteiger partial charge in [-0.25, -0.2) is 4.98 Å². The van der Waals surface area contributed by atoms with Crippen LogP contribution in [-0.2, 0) is 5.66 Å². The summed E-state index contributed by atoms with van der Waals surface area (Å²) < 4.78 is 0. The standard InChI is InChI=1S/C25H18ClN5O2S/c1-15-21(34-22(29-15)20-4-2-3-10-28-20)24(33)31-13-12-30-23(32)18-9-11-27-14-19(18)25(30,31)16-5-7-17(26)8-6-16/h2-11,14H,12-13H2,1H3. The van der Waals surface area contributed by atoms with E-state index in [2.05, 4.69) is 15.0 Å². The minimum Gasteiger partial charge on any atom is -0.306 e. The molecule has 0 radical (unpaired) electrons. The first-order chi connectivity index (χ1) is 16.5. The first-order valence-electron chi connectivity index (χ1n) is 10.7. The van der Waals surface area contributed by atoms with Crippen LogP contribution in [0.25, 0.3) is 10.7 Å². The van der Waals surface area contributed by atoms with Gasteiger partial charge in [0.25, 0.3) is 11.8 Å². The molecule has 1 fully saturated rings. The Morgan fingerprint density at radius 1 is 1.09 bits per heavy atom. The number of fused-ring (bicyclic) bond motifs is 3. The van der Waals surface area contributed by atoms with Crippen molar-refractivity contribution in [2.75, 3.05) is 13.1 Å². The van der Waals surface area contributed by atoms with Gasteiger partial charge in [0.2, 0.25) is 0 Å². The molecular formula is C25H18ClN5O2S. The summed E-state index contributed by atoms with van der Waals surface area (Å²) in [6.07, 6.45) is 4.99. The molecule has 7 nitrogen and oxygen atoms in total. The van der Waals surface area contributed by atoms with E-state index < -0.39 is 5.66 Å². The van der Waals surface area contributed by atoms with E-state index in [9.17, 15) is 9.59 Å². The molecule has 2 aliphatic rings. The van der Waals surface area contributed by atoms with E-state index in [0.29, 0.717) is 44.8 Å². The van der Waals surface area contributed by atoms with Crippen LogP contribution in [0.1, 0.15) is 36.9 Å². The van der Waals surface area contributed by atoms with Crippen LogP contribution in [0, 0.1) is 6.92 Å². The summed E-state index contributed by atoms with van der Waals surface area (Å²) in [5, 5.41) is 1.26. The van der Waals surface area contributed by atoms with Crippen LogP contribution in [0.2, 0.25) is 5.02 Å². The van der Waals surface area contributed by atoms with Gasteiger partial charge in [-0.2, -0.15) is 0 Å². The van der Waals surface area contributed by atoms with Crippen molar-refractivity contribution in [3.8, 4) is 10.7 Å². The molecular weight excluding hydrogens is 470 g/mol. The van der Waals surface area contributed by atoms with E-state index in [-0.39, 0.29) is 11.8 Å². The number of hydrogen-bond donors (Lipinski definition) is 0. The number of pyridine rings is 2. The molecule has 4 aromatic rings. The maximum absolute atomic E-state index is 14.1. The van der Waals surface area contributed by atoms with Gasteiger partial charge in [0, 0.05) is 47.8 Å². The van der Waals surface area contributed by atoms with Gasteiger partial charge in [-0.1, -0.05) is 29.8 Å². The van der Waals surface area contributed by atoms with Crippen LogP contribution in [0.4, 0.5) is 0 Å². The average molecular weight is 488 g/mol. The number of aryl methyl sites for hydroxylation is 1. The molecule has 9 heteroatoms. The van der Waals surface area contributed by atoms with Crippen molar-refractivity contribution in [2.45, 2.75) is 12.6 Å². The zero-order valence-corrected chi connectivity index (χ0v) is 19.7. The smallest absolute Gasteiger partial charge is 0.268 e. The molecule has 3 aromatic heterocycles. The van der Waals surface area contributed by atoms with Crippen LogP contribution in [0.5, 0.6) is 0 Å². The molecule has 1 atom stereocenters. The zero-order valence-electron chi connectivity index (χ0n) is 18.1. The molecule has 0 N–H and O–H groups in total. The third-order valence-corrected chi connectivity index (χ3v) is 7.79. The summed E-state index contributed by atoms with van der Waals surface area (Å²) in [4.78, 5) is 44.9. The van der Waals surface area contributed by atoms with Crippen LogP contribution in [0.3, 0.4) is 0 Å². The summed E-state index contributed by atoms with van der Waals surface area (Å²) in [5.41, 5.74) is 2.30. The van der Waals surface area contributed by atoms with E-state index in [1.807, 2.05) is 37.3 Å². The first kappa shape index (κ1) is 20.9. The van der Waals surface area contributed by atoms with Crippen molar-refractivity contribution >= 4 is 34.8 Å². The van der Waals surface area contributed by atoms with E-state index in [1.54, 1.807) is 46.6 Å². The Kier molecular flexibility index (Phi) is 4.75. The van der Waals surface area contributed by atoms with Crippen molar-refractivity contribution in [1.29, 1.82) is 0 Å². The van der Waals surface area contributed by atoms with Gasteiger partial charge >= 0.3 is 0 Å². The number of amides is 2. The summed E-state index contributed by atoms with van der Waals surface area (Å²) >= 11 is 7.49. The molecule has 34 heavy (non-hydrogen) atoms. The molecule has 5 heterocycles. The number of thiazole rings is 1. The Bertz CT molecular complexity index is 1440. The molecule has 6 rings (SSSR count). The molecule has 2 amide bonds. The highest BCUT2D eigenvalue weighted by Gasteiger charge is 2.60. The summed E-state index contributed by atoms with van der Waals surface area (Å²) in [7, 11) is 0. The van der Waals surface area contributed by atoms with Gasteiger partial charge < -0.3 is 9.80 Å². The second kappa shape index (κ2) is 7.72. The highest BCUT2D eigenvalue weighted by atomic mass is 35.5. The molecule has 0 spiro atoms. The van der Waals surface area contributed by atoms with Crippen molar-refractivity contribution in [1.82, 2.24) is 24.8 Å². The number of benzene rings is 1. The van der Waals surface area contributed by atoms with E-state index in [4.69, 9.17) is 11.6 Å². The number of aromatic nitrogens is 3. The Hall–Kier alpha value is -3.62. The summed E-state index contributed by atoms with van der Waals surface area (Å²) in [6, 6.07) is 14.6. The van der Waals surface area contributed by atoms with Crippen molar-refractivity contribution < 1.29 is 9.59 Å². The van der Waals surface area contributed by atoms with Crippen LogP contribution < -0.4 is 0 Å². The van der Waals surface area contributed by atoms with Gasteiger partial charge in [-0.15, -0.1) is 11.3 Å². The number of carbonyl (C=O) groups is 2. The molecule has 1 aromatic carbocycles. The van der Waals surface area contributed by atoms with Crippen molar-refractivity contribution in [3.05, 3.63) is 99.4 Å². The molecule has 0 saturated carbocycles. The number of nitrogens with zero attached hydrogens (tertiary/aromatic N) is 5. The lowest BCUT2D eigenvalue weighted by Crippen LogP contribution is -2.51. The first-order valence-corrected chi connectivity index (χ1v) is 11.9. The zero-order chi connectivity index (χ0) is 23.4. The number of carbonyl (C=O) groups excluding carboxylic acids is 2. The molecule has 168 valence electrons. The fourth-order valence-electron chi connectivity index (χ4n) is 4.93. The van der Waals surface area contributed by atoms with Gasteiger partial charge in [0.1, 0.15) is 9.88 Å².